The van der Waals surface area contributed by atoms with Gasteiger partial charge in [-0.2, -0.15) is 41.2 Å². The van der Waals surface area contributed by atoms with Crippen molar-refractivity contribution in [3.8, 4) is 10.8 Å². The minimum absolute atomic E-state index is 0. The molecule has 211 valence electrons. The molecule has 1 radical (unpaired) electrons. The predicted octanol–water partition coefficient (Wildman–Crippen LogP) is 6.95. The first-order chi connectivity index (χ1) is 17.2. The first-order valence-corrected chi connectivity index (χ1v) is 15.8. The molecule has 0 amide bonds. The quantitative estimate of drug-likeness (QED) is 0.0732. The maximum Gasteiger partial charge on any atom is 3.00 e. The van der Waals surface area contributed by atoms with Gasteiger partial charge in [0.05, 0.1) is 0 Å². The van der Waals surface area contributed by atoms with E-state index >= 15 is 0 Å². The summed E-state index contributed by atoms with van der Waals surface area (Å²) in [5.41, 5.74) is 0. The average molecular weight is 952 g/mol. The predicted molar refractivity (Wildman–Crippen MR) is 172 cm³/mol. The Morgan fingerprint density at radius 1 is 0.462 bits per heavy atom. The largest absolute Gasteiger partial charge is 3.00 e. The second-order valence-electron chi connectivity index (χ2n) is 7.46. The monoisotopic (exact) mass is 951 g/mol. The van der Waals surface area contributed by atoms with Crippen LogP contribution < -0.4 is 21.2 Å². The summed E-state index contributed by atoms with van der Waals surface area (Å²) in [6.45, 7) is 17.2. The summed E-state index contributed by atoms with van der Waals surface area (Å²) in [6, 6.07) is 41.3. The molecule has 0 spiro atoms. The van der Waals surface area contributed by atoms with Gasteiger partial charge in [0.1, 0.15) is 0 Å². The number of nitrogens with zero attached hydrogens (tertiary/aromatic N) is 2. The fourth-order valence-electron chi connectivity index (χ4n) is 3.15. The number of thiocyanates is 2. The molecule has 4 rings (SSSR count). The van der Waals surface area contributed by atoms with E-state index in [0.717, 1.165) is 0 Å². The molecular weight excluding hydrogens is 920 g/mol. The van der Waals surface area contributed by atoms with Crippen molar-refractivity contribution in [3.63, 3.8) is 0 Å². The minimum Gasteiger partial charge on any atom is -0.696 e. The zero-order valence-electron chi connectivity index (χ0n) is 21.6. The van der Waals surface area contributed by atoms with Gasteiger partial charge in [-0.15, -0.1) is 0 Å². The molecule has 0 saturated heterocycles. The third kappa shape index (κ3) is 14.7. The van der Waals surface area contributed by atoms with Crippen LogP contribution in [0.5, 0.6) is 0 Å². The summed E-state index contributed by atoms with van der Waals surface area (Å²) in [5, 5.41) is 21.9. The second-order valence-corrected chi connectivity index (χ2v) is 13.8. The van der Waals surface area contributed by atoms with E-state index in [9.17, 15) is 0 Å². The first kappa shape index (κ1) is 42.1. The number of hydrogen-bond donors (Lipinski definition) is 0. The summed E-state index contributed by atoms with van der Waals surface area (Å²) >= 11 is 7.40. The van der Waals surface area contributed by atoms with Crippen molar-refractivity contribution in [2.75, 3.05) is 0 Å². The van der Waals surface area contributed by atoms with Crippen molar-refractivity contribution in [2.45, 2.75) is 0 Å². The third-order valence-corrected chi connectivity index (χ3v) is 10.1. The van der Waals surface area contributed by atoms with Crippen LogP contribution in [0, 0.1) is 55.4 Å². The van der Waals surface area contributed by atoms with Crippen LogP contribution in [0.1, 0.15) is 0 Å². The summed E-state index contributed by atoms with van der Waals surface area (Å²) < 4.78 is 0. The molecule has 4 aromatic rings. The zero-order valence-corrected chi connectivity index (χ0v) is 29.3. The zero-order chi connectivity index (χ0) is 26.9. The molecular formula is C31H31Au2N2P2S2-2. The van der Waals surface area contributed by atoms with Gasteiger partial charge in [0, 0.05) is 43.6 Å². The van der Waals surface area contributed by atoms with Crippen LogP contribution in [-0.2, 0) is 70.0 Å². The molecule has 0 atom stereocenters. The Balaban J connectivity index is -0.000000520. The Hall–Kier alpha value is -1.36. The molecule has 0 N–H and O–H groups in total. The van der Waals surface area contributed by atoms with Crippen LogP contribution in [0.15, 0.2) is 121 Å². The molecule has 0 aliphatic carbocycles. The molecule has 0 unspecified atom stereocenters. The average Bonchev–Trinajstić information content (AvgIpc) is 2.92. The van der Waals surface area contributed by atoms with Gasteiger partial charge >= 0.3 is 22.4 Å². The summed E-state index contributed by atoms with van der Waals surface area (Å²) in [5.74, 6) is 0. The normalized spacial score (nSPS) is 9.08. The Kier molecular flexibility index (Phi) is 25.2. The van der Waals surface area contributed by atoms with E-state index in [1.165, 1.54) is 32.0 Å². The van der Waals surface area contributed by atoms with Crippen molar-refractivity contribution in [1.29, 1.82) is 10.5 Å². The van der Waals surface area contributed by atoms with E-state index in [0.29, 0.717) is 0 Å². The Morgan fingerprint density at radius 3 is 0.718 bits per heavy atom. The Bertz CT molecular complexity index is 1030. The molecule has 8 heteroatoms. The van der Waals surface area contributed by atoms with Crippen molar-refractivity contribution in [2.24, 2.45) is 0 Å². The van der Waals surface area contributed by atoms with Crippen molar-refractivity contribution >= 4 is 61.0 Å². The standard InChI is InChI=1S/2C14H14P.2CHNS.CH3.2Au/c2*1-15(2,13-9-5-3-6-10-13)14-11-7-4-8-12-14;2*2-1-3;;;/h2*3-12H,1-2H2;2*3H;1H3;;/q2*-1;;;-1;;+3/p-2. The van der Waals surface area contributed by atoms with Crippen LogP contribution >= 0.6 is 14.5 Å². The van der Waals surface area contributed by atoms with Crippen LogP contribution in [0.25, 0.3) is 0 Å². The summed E-state index contributed by atoms with van der Waals surface area (Å²) in [6.07, 6.45) is 0. The van der Waals surface area contributed by atoms with E-state index < -0.39 is 14.5 Å². The molecule has 0 bridgehead atoms. The van der Waals surface area contributed by atoms with Crippen LogP contribution in [0.4, 0.5) is 0 Å². The smallest absolute Gasteiger partial charge is 0.696 e. The summed E-state index contributed by atoms with van der Waals surface area (Å²) in [4.78, 5) is 0. The van der Waals surface area contributed by atoms with E-state index in [-0.39, 0.29) is 52.2 Å². The molecule has 0 saturated carbocycles. The van der Waals surface area contributed by atoms with Crippen LogP contribution in [-0.4, -0.2) is 0 Å². The number of rotatable bonds is 4. The van der Waals surface area contributed by atoms with Gasteiger partial charge < -0.3 is 32.7 Å². The SMILES string of the molecule is N#C[S-].N#C[S-].[Au+3].[Au].[CH2-][P+]([CH2-])(c1ccccc1)c1ccccc1.[CH2-][P+]([CH2-])(c1ccccc1)c1ccccc1.[CH3-]. The number of nitriles is 2. The fourth-order valence-corrected chi connectivity index (χ4v) is 6.72. The maximum absolute atomic E-state index is 7.13. The van der Waals surface area contributed by atoms with E-state index in [1.54, 1.807) is 0 Å². The maximum atomic E-state index is 7.13. The van der Waals surface area contributed by atoms with Crippen molar-refractivity contribution < 1.29 is 44.8 Å². The van der Waals surface area contributed by atoms with Gasteiger partial charge in [0.2, 0.25) is 0 Å². The van der Waals surface area contributed by atoms with Gasteiger partial charge in [0.25, 0.3) is 0 Å². The summed E-state index contributed by atoms with van der Waals surface area (Å²) in [7, 11) is -3.29. The number of hydrogen-bond acceptors (Lipinski definition) is 4. The molecule has 2 nitrogen and oxygen atoms in total. The van der Waals surface area contributed by atoms with Gasteiger partial charge in [-0.1, -0.05) is 83.6 Å². The van der Waals surface area contributed by atoms with Crippen LogP contribution in [0.3, 0.4) is 0 Å². The molecule has 0 aromatic heterocycles. The van der Waals surface area contributed by atoms with E-state index in [2.05, 4.69) is 100 Å². The van der Waals surface area contributed by atoms with Crippen molar-refractivity contribution in [3.05, 3.63) is 155 Å². The van der Waals surface area contributed by atoms with Gasteiger partial charge in [0.15, 0.2) is 0 Å². The molecule has 0 fully saturated rings. The van der Waals surface area contributed by atoms with E-state index in [1.807, 2.05) is 72.8 Å². The molecule has 4 aromatic carbocycles. The Morgan fingerprint density at radius 2 is 0.590 bits per heavy atom. The molecule has 39 heavy (non-hydrogen) atoms. The Labute approximate surface area is 280 Å². The topological polar surface area (TPSA) is 47.6 Å². The molecule has 0 aliphatic rings. The van der Waals surface area contributed by atoms with E-state index in [4.69, 9.17) is 10.5 Å². The van der Waals surface area contributed by atoms with Crippen LogP contribution in [0.2, 0.25) is 0 Å². The fraction of sp³-hybridized carbons (Fsp3) is 0. The van der Waals surface area contributed by atoms with Gasteiger partial charge in [-0.05, 0) is 48.5 Å². The molecule has 0 heterocycles. The van der Waals surface area contributed by atoms with Gasteiger partial charge in [-0.3, -0.25) is 0 Å². The van der Waals surface area contributed by atoms with Gasteiger partial charge in [-0.25, -0.2) is 10.5 Å². The first-order valence-electron chi connectivity index (χ1n) is 10.7. The van der Waals surface area contributed by atoms with Crippen molar-refractivity contribution in [1.82, 2.24) is 0 Å². The second kappa shape index (κ2) is 23.4. The third-order valence-electron chi connectivity index (χ3n) is 5.00. The molecule has 0 aliphatic heterocycles. The number of benzene rings is 4. The minimum atomic E-state index is -1.65.